The first kappa shape index (κ1) is 14.5. The van der Waals surface area contributed by atoms with Gasteiger partial charge in [0.1, 0.15) is 4.21 Å². The van der Waals surface area contributed by atoms with Crippen molar-refractivity contribution in [2.24, 2.45) is 11.8 Å². The van der Waals surface area contributed by atoms with Crippen LogP contribution in [0.4, 0.5) is 0 Å². The number of nitrogens with zero attached hydrogens (tertiary/aromatic N) is 1. The zero-order valence-electron chi connectivity index (χ0n) is 10.9. The lowest BCUT2D eigenvalue weighted by Crippen LogP contribution is -2.41. The van der Waals surface area contributed by atoms with Crippen molar-refractivity contribution in [3.63, 3.8) is 0 Å². The lowest BCUT2D eigenvalue weighted by atomic mass is 9.90. The van der Waals surface area contributed by atoms with Gasteiger partial charge in [-0.2, -0.15) is 4.31 Å². The minimum atomic E-state index is -3.54. The fourth-order valence-electron chi connectivity index (χ4n) is 2.13. The number of rotatable bonds is 3. The van der Waals surface area contributed by atoms with E-state index >= 15 is 0 Å². The van der Waals surface area contributed by atoms with E-state index in [0.717, 1.165) is 17.8 Å². The molecule has 2 heterocycles. The van der Waals surface area contributed by atoms with E-state index < -0.39 is 16.0 Å². The van der Waals surface area contributed by atoms with E-state index in [0.29, 0.717) is 24.9 Å². The largest absolute Gasteiger partial charge is 0.478 e. The summed E-state index contributed by atoms with van der Waals surface area (Å²) in [5.74, 6) is -0.259. The van der Waals surface area contributed by atoms with E-state index in [-0.39, 0.29) is 9.77 Å². The van der Waals surface area contributed by atoms with Gasteiger partial charge in [-0.25, -0.2) is 13.2 Å². The standard InChI is InChI=1S/C12H17NO4S2/c1-8-3-4-13(6-9(8)2)19(16,17)11-5-10(7-18-11)12(14)15/h5,7-9H,3-4,6H2,1-2H3,(H,14,15). The minimum Gasteiger partial charge on any atom is -0.478 e. The van der Waals surface area contributed by atoms with Crippen molar-refractivity contribution in [2.45, 2.75) is 24.5 Å². The predicted molar refractivity (Wildman–Crippen MR) is 73.0 cm³/mol. The molecule has 0 bridgehead atoms. The van der Waals surface area contributed by atoms with Gasteiger partial charge in [-0.3, -0.25) is 0 Å². The van der Waals surface area contributed by atoms with Gasteiger partial charge in [0.15, 0.2) is 0 Å². The molecule has 0 radical (unpaired) electrons. The van der Waals surface area contributed by atoms with Crippen LogP contribution in [0.5, 0.6) is 0 Å². The third-order valence-electron chi connectivity index (χ3n) is 3.71. The van der Waals surface area contributed by atoms with Crippen LogP contribution in [0.15, 0.2) is 15.7 Å². The molecule has 5 nitrogen and oxygen atoms in total. The fraction of sp³-hybridized carbons (Fsp3) is 0.583. The van der Waals surface area contributed by atoms with Gasteiger partial charge in [-0.1, -0.05) is 13.8 Å². The average molecular weight is 303 g/mol. The van der Waals surface area contributed by atoms with Gasteiger partial charge in [0, 0.05) is 18.5 Å². The SMILES string of the molecule is CC1CCN(S(=O)(=O)c2cc(C(=O)O)cs2)CC1C. The molecule has 0 aromatic carbocycles. The Bertz CT molecular complexity index is 578. The van der Waals surface area contributed by atoms with Crippen LogP contribution in [-0.2, 0) is 10.0 Å². The molecule has 1 N–H and O–H groups in total. The zero-order chi connectivity index (χ0) is 14.2. The Labute approximate surface area is 116 Å². The highest BCUT2D eigenvalue weighted by molar-refractivity contribution is 7.91. The van der Waals surface area contributed by atoms with Crippen molar-refractivity contribution in [1.29, 1.82) is 0 Å². The quantitative estimate of drug-likeness (QED) is 0.928. The summed E-state index contributed by atoms with van der Waals surface area (Å²) in [7, 11) is -3.54. The third kappa shape index (κ3) is 2.82. The Kier molecular flexibility index (Phi) is 3.98. The molecule has 0 amide bonds. The molecule has 0 saturated carbocycles. The van der Waals surface area contributed by atoms with Crippen LogP contribution < -0.4 is 0 Å². The lowest BCUT2D eigenvalue weighted by molar-refractivity contribution is 0.0697. The summed E-state index contributed by atoms with van der Waals surface area (Å²) in [6.07, 6.45) is 0.845. The normalized spacial score (nSPS) is 25.4. The van der Waals surface area contributed by atoms with Gasteiger partial charge in [-0.15, -0.1) is 11.3 Å². The number of carbonyl (C=O) groups is 1. The van der Waals surface area contributed by atoms with Crippen molar-refractivity contribution < 1.29 is 18.3 Å². The van der Waals surface area contributed by atoms with Crippen LogP contribution in [0, 0.1) is 11.8 Å². The number of hydrogen-bond acceptors (Lipinski definition) is 4. The first-order valence-electron chi connectivity index (χ1n) is 6.14. The van der Waals surface area contributed by atoms with Gasteiger partial charge in [0.2, 0.25) is 0 Å². The summed E-state index contributed by atoms with van der Waals surface area (Å²) in [6.45, 7) is 5.18. The monoisotopic (exact) mass is 303 g/mol. The molecule has 1 saturated heterocycles. The maximum absolute atomic E-state index is 12.4. The van der Waals surface area contributed by atoms with Gasteiger partial charge in [0.05, 0.1) is 5.56 Å². The number of aromatic carboxylic acids is 1. The molecule has 1 fully saturated rings. The van der Waals surface area contributed by atoms with Crippen molar-refractivity contribution in [1.82, 2.24) is 4.31 Å². The van der Waals surface area contributed by atoms with E-state index in [2.05, 4.69) is 6.92 Å². The third-order valence-corrected chi connectivity index (χ3v) is 6.99. The highest BCUT2D eigenvalue weighted by Gasteiger charge is 2.32. The number of sulfonamides is 1. The molecule has 0 spiro atoms. The number of thiophene rings is 1. The number of carboxylic acid groups (broad SMARTS) is 1. The average Bonchev–Trinajstić information content (AvgIpc) is 2.82. The van der Waals surface area contributed by atoms with Crippen molar-refractivity contribution in [2.75, 3.05) is 13.1 Å². The Morgan fingerprint density at radius 3 is 2.63 bits per heavy atom. The second-order valence-electron chi connectivity index (χ2n) is 5.07. The molecule has 19 heavy (non-hydrogen) atoms. The Balaban J connectivity index is 2.24. The van der Waals surface area contributed by atoms with Gasteiger partial charge in [0.25, 0.3) is 10.0 Å². The Morgan fingerprint density at radius 1 is 1.42 bits per heavy atom. The van der Waals surface area contributed by atoms with E-state index in [9.17, 15) is 13.2 Å². The molecule has 1 aliphatic rings. The van der Waals surface area contributed by atoms with Crippen molar-refractivity contribution in [3.05, 3.63) is 17.0 Å². The summed E-state index contributed by atoms with van der Waals surface area (Å²) in [6, 6.07) is 1.24. The molecule has 1 aromatic rings. The maximum Gasteiger partial charge on any atom is 0.336 e. The summed E-state index contributed by atoms with van der Waals surface area (Å²) < 4.78 is 26.4. The fourth-order valence-corrected chi connectivity index (χ4v) is 5.00. The van der Waals surface area contributed by atoms with E-state index in [4.69, 9.17) is 5.11 Å². The van der Waals surface area contributed by atoms with Gasteiger partial charge in [-0.05, 0) is 24.3 Å². The number of piperidine rings is 1. The molecule has 2 unspecified atom stereocenters. The minimum absolute atomic E-state index is 0.0296. The van der Waals surface area contributed by atoms with Crippen LogP contribution in [0.2, 0.25) is 0 Å². The molecule has 1 aromatic heterocycles. The highest BCUT2D eigenvalue weighted by Crippen LogP contribution is 2.30. The molecule has 1 aliphatic heterocycles. The topological polar surface area (TPSA) is 74.7 Å². The lowest BCUT2D eigenvalue weighted by Gasteiger charge is -2.34. The van der Waals surface area contributed by atoms with Crippen LogP contribution >= 0.6 is 11.3 Å². The van der Waals surface area contributed by atoms with Crippen LogP contribution in [-0.4, -0.2) is 36.9 Å². The second-order valence-corrected chi connectivity index (χ2v) is 8.14. The first-order valence-corrected chi connectivity index (χ1v) is 8.46. The molecular weight excluding hydrogens is 286 g/mol. The predicted octanol–water partition coefficient (Wildman–Crippen LogP) is 2.11. The van der Waals surface area contributed by atoms with Gasteiger partial charge >= 0.3 is 5.97 Å². The van der Waals surface area contributed by atoms with E-state index in [1.807, 2.05) is 6.92 Å². The Hall–Kier alpha value is -0.920. The molecule has 2 atom stereocenters. The molecular formula is C12H17NO4S2. The molecule has 7 heteroatoms. The van der Waals surface area contributed by atoms with Crippen molar-refractivity contribution in [3.8, 4) is 0 Å². The highest BCUT2D eigenvalue weighted by atomic mass is 32.2. The van der Waals surface area contributed by atoms with Crippen LogP contribution in [0.25, 0.3) is 0 Å². The zero-order valence-corrected chi connectivity index (χ0v) is 12.5. The second kappa shape index (κ2) is 5.22. The van der Waals surface area contributed by atoms with Crippen LogP contribution in [0.1, 0.15) is 30.6 Å². The van der Waals surface area contributed by atoms with Gasteiger partial charge < -0.3 is 5.11 Å². The summed E-state index contributed by atoms with van der Waals surface area (Å²) in [5.41, 5.74) is 0.0296. The Morgan fingerprint density at radius 2 is 2.11 bits per heavy atom. The summed E-state index contributed by atoms with van der Waals surface area (Å²) >= 11 is 0.970. The molecule has 0 aliphatic carbocycles. The first-order chi connectivity index (χ1) is 8.82. The summed E-state index contributed by atoms with van der Waals surface area (Å²) in [4.78, 5) is 10.8. The van der Waals surface area contributed by atoms with E-state index in [1.165, 1.54) is 15.8 Å². The maximum atomic E-state index is 12.4. The van der Waals surface area contributed by atoms with E-state index in [1.54, 1.807) is 0 Å². The van der Waals surface area contributed by atoms with Crippen LogP contribution in [0.3, 0.4) is 0 Å². The smallest absolute Gasteiger partial charge is 0.336 e. The van der Waals surface area contributed by atoms with Crippen molar-refractivity contribution >= 4 is 27.3 Å². The number of hydrogen-bond donors (Lipinski definition) is 1. The summed E-state index contributed by atoms with van der Waals surface area (Å²) in [5, 5.41) is 10.2. The molecule has 106 valence electrons. The molecule has 2 rings (SSSR count). The number of carboxylic acids is 1.